The van der Waals surface area contributed by atoms with Gasteiger partial charge in [-0.15, -0.1) is 0 Å². The predicted molar refractivity (Wildman–Crippen MR) is 113 cm³/mol. The molecule has 3 aromatic rings. The Morgan fingerprint density at radius 1 is 0.933 bits per heavy atom. The molecular formula is C22H21NO6S. The van der Waals surface area contributed by atoms with Crippen molar-refractivity contribution < 1.29 is 27.5 Å². The van der Waals surface area contributed by atoms with Crippen molar-refractivity contribution in [1.29, 1.82) is 0 Å². The summed E-state index contributed by atoms with van der Waals surface area (Å²) in [6.07, 6.45) is 0. The van der Waals surface area contributed by atoms with Gasteiger partial charge in [0.25, 0.3) is 10.0 Å². The molecule has 0 unspecified atom stereocenters. The number of esters is 2. The number of carbonyl (C=O) groups excluding carboxylic acids is 2. The van der Waals surface area contributed by atoms with E-state index in [1.165, 1.54) is 37.4 Å². The van der Waals surface area contributed by atoms with Crippen LogP contribution in [0.4, 0.5) is 5.69 Å². The van der Waals surface area contributed by atoms with E-state index in [2.05, 4.69) is 0 Å². The molecule has 0 saturated heterocycles. The highest BCUT2D eigenvalue weighted by Crippen LogP contribution is 2.27. The summed E-state index contributed by atoms with van der Waals surface area (Å²) in [5.74, 6) is -1.32. The molecule has 0 bridgehead atoms. The zero-order valence-corrected chi connectivity index (χ0v) is 17.4. The highest BCUT2D eigenvalue weighted by Gasteiger charge is 2.28. The Balaban J connectivity index is 2.10. The quantitative estimate of drug-likeness (QED) is 0.537. The topological polar surface area (TPSA) is 90.0 Å². The summed E-state index contributed by atoms with van der Waals surface area (Å²) in [6.45, 7) is 1.22. The lowest BCUT2D eigenvalue weighted by atomic mass is 10.1. The third-order valence-electron chi connectivity index (χ3n) is 4.44. The van der Waals surface area contributed by atoms with Gasteiger partial charge in [0, 0.05) is 0 Å². The summed E-state index contributed by atoms with van der Waals surface area (Å²) in [4.78, 5) is 24.1. The van der Waals surface area contributed by atoms with Gasteiger partial charge in [-0.05, 0) is 48.0 Å². The van der Waals surface area contributed by atoms with Crippen molar-refractivity contribution in [3.05, 3.63) is 72.3 Å². The fraction of sp³-hybridized carbons (Fsp3) is 0.182. The minimum absolute atomic E-state index is 0.0222. The Labute approximate surface area is 174 Å². The molecule has 0 spiro atoms. The summed E-state index contributed by atoms with van der Waals surface area (Å²) < 4.78 is 37.5. The minimum atomic E-state index is -4.13. The first-order chi connectivity index (χ1) is 14.4. The van der Waals surface area contributed by atoms with E-state index >= 15 is 0 Å². The van der Waals surface area contributed by atoms with E-state index in [0.29, 0.717) is 0 Å². The van der Waals surface area contributed by atoms with Crippen LogP contribution in [0.1, 0.15) is 17.3 Å². The Hall–Kier alpha value is -3.39. The lowest BCUT2D eigenvalue weighted by molar-refractivity contribution is -0.141. The summed E-state index contributed by atoms with van der Waals surface area (Å²) in [7, 11) is -2.89. The fourth-order valence-corrected chi connectivity index (χ4v) is 4.44. The van der Waals surface area contributed by atoms with Crippen molar-refractivity contribution in [2.24, 2.45) is 0 Å². The lowest BCUT2D eigenvalue weighted by Crippen LogP contribution is -2.36. The third-order valence-corrected chi connectivity index (χ3v) is 6.21. The summed E-state index contributed by atoms with van der Waals surface area (Å²) >= 11 is 0. The number of fused-ring (bicyclic) bond motifs is 1. The van der Waals surface area contributed by atoms with E-state index in [-0.39, 0.29) is 22.8 Å². The molecule has 0 aliphatic heterocycles. The smallest absolute Gasteiger partial charge is 0.337 e. The van der Waals surface area contributed by atoms with Crippen LogP contribution in [0.25, 0.3) is 10.8 Å². The molecule has 30 heavy (non-hydrogen) atoms. The zero-order chi connectivity index (χ0) is 21.7. The largest absolute Gasteiger partial charge is 0.465 e. The molecule has 3 aromatic carbocycles. The maximum atomic E-state index is 13.5. The van der Waals surface area contributed by atoms with Crippen LogP contribution in [0.15, 0.2) is 71.6 Å². The molecule has 0 heterocycles. The van der Waals surface area contributed by atoms with Gasteiger partial charge in [-0.2, -0.15) is 0 Å². The van der Waals surface area contributed by atoms with Crippen LogP contribution >= 0.6 is 0 Å². The number of hydrogen-bond acceptors (Lipinski definition) is 6. The molecule has 0 aliphatic rings. The maximum absolute atomic E-state index is 13.5. The normalized spacial score (nSPS) is 11.1. The highest BCUT2D eigenvalue weighted by atomic mass is 32.2. The number of rotatable bonds is 7. The number of anilines is 1. The van der Waals surface area contributed by atoms with Gasteiger partial charge in [0.2, 0.25) is 0 Å². The first-order valence-corrected chi connectivity index (χ1v) is 10.7. The van der Waals surface area contributed by atoms with Crippen molar-refractivity contribution in [2.75, 3.05) is 24.6 Å². The van der Waals surface area contributed by atoms with Crippen molar-refractivity contribution in [3.63, 3.8) is 0 Å². The van der Waals surface area contributed by atoms with Gasteiger partial charge in [0.15, 0.2) is 0 Å². The van der Waals surface area contributed by atoms with Crippen molar-refractivity contribution in [3.8, 4) is 0 Å². The van der Waals surface area contributed by atoms with Gasteiger partial charge in [-0.25, -0.2) is 13.2 Å². The van der Waals surface area contributed by atoms with E-state index in [0.717, 1.165) is 15.1 Å². The number of nitrogens with zero attached hydrogens (tertiary/aromatic N) is 1. The van der Waals surface area contributed by atoms with Gasteiger partial charge in [0.05, 0.1) is 29.9 Å². The van der Waals surface area contributed by atoms with Gasteiger partial charge in [-0.3, -0.25) is 9.10 Å². The number of methoxy groups -OCH3 is 1. The van der Waals surface area contributed by atoms with Crippen LogP contribution in [0.5, 0.6) is 0 Å². The minimum Gasteiger partial charge on any atom is -0.465 e. The van der Waals surface area contributed by atoms with Crippen molar-refractivity contribution in [1.82, 2.24) is 0 Å². The Kier molecular flexibility index (Phi) is 6.37. The van der Waals surface area contributed by atoms with Crippen LogP contribution in [0, 0.1) is 0 Å². The lowest BCUT2D eigenvalue weighted by Gasteiger charge is -2.24. The first kappa shape index (κ1) is 21.3. The summed E-state index contributed by atoms with van der Waals surface area (Å²) in [6, 6.07) is 18.0. The van der Waals surface area contributed by atoms with Crippen LogP contribution < -0.4 is 4.31 Å². The average molecular weight is 427 g/mol. The molecule has 7 nitrogen and oxygen atoms in total. The molecule has 0 amide bonds. The molecule has 0 fully saturated rings. The predicted octanol–water partition coefficient (Wildman–Crippen LogP) is 3.38. The number of benzene rings is 3. The molecule has 0 atom stereocenters. The molecule has 0 aliphatic carbocycles. The first-order valence-electron chi connectivity index (χ1n) is 9.22. The standard InChI is InChI=1S/C22H21NO6S/c1-3-29-21(24)15-23(19-10-6-9-18(13-19)22(25)28-2)30(26,27)20-12-11-16-7-4-5-8-17(16)14-20/h4-14H,3,15H2,1-2H3. The highest BCUT2D eigenvalue weighted by molar-refractivity contribution is 7.92. The van der Waals surface area contributed by atoms with Crippen molar-refractivity contribution >= 4 is 38.4 Å². The third kappa shape index (κ3) is 4.44. The van der Waals surface area contributed by atoms with E-state index in [9.17, 15) is 18.0 Å². The second-order valence-corrected chi connectivity index (χ2v) is 8.23. The molecular weight excluding hydrogens is 406 g/mol. The van der Waals surface area contributed by atoms with Crippen LogP contribution in [0.2, 0.25) is 0 Å². The Morgan fingerprint density at radius 3 is 2.37 bits per heavy atom. The van der Waals surface area contributed by atoms with Gasteiger partial charge >= 0.3 is 11.9 Å². The summed E-state index contributed by atoms with van der Waals surface area (Å²) in [5.41, 5.74) is 0.316. The van der Waals surface area contributed by atoms with E-state index < -0.39 is 28.5 Å². The van der Waals surface area contributed by atoms with Crippen LogP contribution in [0.3, 0.4) is 0 Å². The zero-order valence-electron chi connectivity index (χ0n) is 16.6. The molecule has 156 valence electrons. The molecule has 0 N–H and O–H groups in total. The maximum Gasteiger partial charge on any atom is 0.337 e. The number of hydrogen-bond donors (Lipinski definition) is 0. The van der Waals surface area contributed by atoms with E-state index in [1.807, 2.05) is 24.3 Å². The monoisotopic (exact) mass is 427 g/mol. The number of ether oxygens (including phenoxy) is 2. The Morgan fingerprint density at radius 2 is 1.67 bits per heavy atom. The average Bonchev–Trinajstić information content (AvgIpc) is 2.76. The number of sulfonamides is 1. The molecule has 0 saturated carbocycles. The van der Waals surface area contributed by atoms with Crippen molar-refractivity contribution in [2.45, 2.75) is 11.8 Å². The van der Waals surface area contributed by atoms with Gasteiger partial charge in [0.1, 0.15) is 6.54 Å². The molecule has 0 radical (unpaired) electrons. The molecule has 3 rings (SSSR count). The van der Waals surface area contributed by atoms with E-state index in [1.54, 1.807) is 19.1 Å². The van der Waals surface area contributed by atoms with Gasteiger partial charge in [-0.1, -0.05) is 36.4 Å². The second kappa shape index (κ2) is 8.96. The molecule has 0 aromatic heterocycles. The Bertz CT molecular complexity index is 1190. The molecule has 8 heteroatoms. The second-order valence-electron chi connectivity index (χ2n) is 6.37. The summed E-state index contributed by atoms with van der Waals surface area (Å²) in [5, 5.41) is 1.64. The van der Waals surface area contributed by atoms with E-state index in [4.69, 9.17) is 9.47 Å². The van der Waals surface area contributed by atoms with Crippen LogP contribution in [-0.2, 0) is 24.3 Å². The van der Waals surface area contributed by atoms with Gasteiger partial charge < -0.3 is 9.47 Å². The van der Waals surface area contributed by atoms with Crippen LogP contribution in [-0.4, -0.2) is 40.6 Å². The SMILES string of the molecule is CCOC(=O)CN(c1cccc(C(=O)OC)c1)S(=O)(=O)c1ccc2ccccc2c1. The fourth-order valence-electron chi connectivity index (χ4n) is 3.00. The number of carbonyl (C=O) groups is 2.